The zero-order valence-corrected chi connectivity index (χ0v) is 15.5. The van der Waals surface area contributed by atoms with E-state index in [2.05, 4.69) is 20.5 Å². The van der Waals surface area contributed by atoms with E-state index in [1.807, 2.05) is 24.3 Å². The highest BCUT2D eigenvalue weighted by Crippen LogP contribution is 2.23. The Morgan fingerprint density at radius 1 is 1.24 bits per heavy atom. The van der Waals surface area contributed by atoms with Crippen LogP contribution in [0.15, 0.2) is 52.7 Å². The van der Waals surface area contributed by atoms with E-state index in [0.717, 1.165) is 16.6 Å². The average Bonchev–Trinajstić information content (AvgIpc) is 3.03. The number of carbonyl (C=O) groups is 1. The topological polar surface area (TPSA) is 70.1 Å². The molecule has 1 amide bonds. The Bertz CT molecular complexity index is 922. The van der Waals surface area contributed by atoms with Crippen LogP contribution in [0.1, 0.15) is 12.5 Å². The van der Waals surface area contributed by atoms with E-state index in [4.69, 9.17) is 23.2 Å². The van der Waals surface area contributed by atoms with Gasteiger partial charge in [-0.05, 0) is 36.8 Å². The van der Waals surface area contributed by atoms with Crippen LogP contribution in [-0.4, -0.2) is 27.3 Å². The number of hydrogen-bond acceptors (Lipinski definition) is 4. The Morgan fingerprint density at radius 3 is 2.80 bits per heavy atom. The molecule has 1 heterocycles. The predicted octanol–water partition coefficient (Wildman–Crippen LogP) is 4.50. The SMILES string of the molecule is CC(=NNC(=O)CSc1nc2ccccc2[nH]1)c1ccc(Cl)c(Cl)c1. The first-order chi connectivity index (χ1) is 12.0. The molecule has 3 rings (SSSR count). The van der Waals surface area contributed by atoms with Gasteiger partial charge in [0.2, 0.25) is 0 Å². The van der Waals surface area contributed by atoms with Crippen molar-refractivity contribution in [2.45, 2.75) is 12.1 Å². The maximum Gasteiger partial charge on any atom is 0.250 e. The van der Waals surface area contributed by atoms with E-state index >= 15 is 0 Å². The summed E-state index contributed by atoms with van der Waals surface area (Å²) in [5.74, 6) is -0.0114. The Labute approximate surface area is 158 Å². The highest BCUT2D eigenvalue weighted by Gasteiger charge is 2.07. The van der Waals surface area contributed by atoms with E-state index in [0.29, 0.717) is 20.9 Å². The van der Waals surface area contributed by atoms with E-state index < -0.39 is 0 Å². The zero-order valence-electron chi connectivity index (χ0n) is 13.2. The molecule has 0 aliphatic rings. The maximum absolute atomic E-state index is 12.0. The van der Waals surface area contributed by atoms with Crippen LogP contribution in [0.4, 0.5) is 0 Å². The van der Waals surface area contributed by atoms with Gasteiger partial charge in [0.25, 0.3) is 5.91 Å². The van der Waals surface area contributed by atoms with Crippen molar-refractivity contribution in [2.24, 2.45) is 5.10 Å². The number of rotatable bonds is 5. The van der Waals surface area contributed by atoms with Crippen LogP contribution in [0.5, 0.6) is 0 Å². The Hall–Kier alpha value is -2.02. The van der Waals surface area contributed by atoms with Crippen LogP contribution in [0.25, 0.3) is 11.0 Å². The molecule has 1 aromatic heterocycles. The van der Waals surface area contributed by atoms with Crippen molar-refractivity contribution in [3.05, 3.63) is 58.1 Å². The first-order valence-corrected chi connectivity index (χ1v) is 9.13. The quantitative estimate of drug-likeness (QED) is 0.381. The molecule has 0 radical (unpaired) electrons. The van der Waals surface area contributed by atoms with Gasteiger partial charge in [-0.2, -0.15) is 5.10 Å². The lowest BCUT2D eigenvalue weighted by molar-refractivity contribution is -0.118. The normalized spacial score (nSPS) is 11.7. The van der Waals surface area contributed by atoms with Gasteiger partial charge in [-0.15, -0.1) is 0 Å². The van der Waals surface area contributed by atoms with Crippen LogP contribution >= 0.6 is 35.0 Å². The van der Waals surface area contributed by atoms with Crippen molar-refractivity contribution in [2.75, 3.05) is 5.75 Å². The lowest BCUT2D eigenvalue weighted by Gasteiger charge is -2.04. The molecule has 0 fully saturated rings. The van der Waals surface area contributed by atoms with Gasteiger partial charge >= 0.3 is 0 Å². The number of H-pyrrole nitrogens is 1. The molecular weight excluding hydrogens is 379 g/mol. The monoisotopic (exact) mass is 392 g/mol. The van der Waals surface area contributed by atoms with Crippen molar-refractivity contribution in [3.8, 4) is 0 Å². The third-order valence-electron chi connectivity index (χ3n) is 3.39. The molecule has 0 saturated heterocycles. The maximum atomic E-state index is 12.0. The van der Waals surface area contributed by atoms with Gasteiger partial charge in [0.05, 0.1) is 32.5 Å². The average molecular weight is 393 g/mol. The molecule has 0 aliphatic heterocycles. The first-order valence-electron chi connectivity index (χ1n) is 7.39. The predicted molar refractivity (Wildman–Crippen MR) is 104 cm³/mol. The van der Waals surface area contributed by atoms with Crippen LogP contribution < -0.4 is 5.43 Å². The van der Waals surface area contributed by atoms with Crippen molar-refractivity contribution in [3.63, 3.8) is 0 Å². The molecule has 0 bridgehead atoms. The molecule has 0 saturated carbocycles. The van der Waals surface area contributed by atoms with E-state index in [1.54, 1.807) is 25.1 Å². The van der Waals surface area contributed by atoms with Crippen LogP contribution in [0.2, 0.25) is 10.0 Å². The summed E-state index contributed by atoms with van der Waals surface area (Å²) in [5.41, 5.74) is 5.78. The van der Waals surface area contributed by atoms with E-state index in [1.165, 1.54) is 11.8 Å². The molecule has 0 unspecified atom stereocenters. The zero-order chi connectivity index (χ0) is 17.8. The van der Waals surface area contributed by atoms with Crippen molar-refractivity contribution >= 4 is 57.6 Å². The molecule has 128 valence electrons. The lowest BCUT2D eigenvalue weighted by Crippen LogP contribution is -2.21. The summed E-state index contributed by atoms with van der Waals surface area (Å²) >= 11 is 13.2. The van der Waals surface area contributed by atoms with Crippen molar-refractivity contribution < 1.29 is 4.79 Å². The number of thioether (sulfide) groups is 1. The number of imidazole rings is 1. The van der Waals surface area contributed by atoms with Gasteiger partial charge in [-0.1, -0.05) is 53.2 Å². The minimum atomic E-state index is -0.218. The van der Waals surface area contributed by atoms with Gasteiger partial charge in [-0.3, -0.25) is 4.79 Å². The third kappa shape index (κ3) is 4.54. The van der Waals surface area contributed by atoms with Gasteiger partial charge in [0, 0.05) is 0 Å². The van der Waals surface area contributed by atoms with Crippen LogP contribution in [0.3, 0.4) is 0 Å². The van der Waals surface area contributed by atoms with E-state index in [-0.39, 0.29) is 11.7 Å². The molecule has 8 heteroatoms. The molecule has 0 atom stereocenters. The lowest BCUT2D eigenvalue weighted by atomic mass is 10.1. The highest BCUT2D eigenvalue weighted by atomic mass is 35.5. The standard InChI is InChI=1S/C17H14Cl2N4OS/c1-10(11-6-7-12(18)13(19)8-11)22-23-16(24)9-25-17-20-14-4-2-3-5-15(14)21-17/h2-8H,9H2,1H3,(H,20,21)(H,23,24). The number of nitrogens with zero attached hydrogens (tertiary/aromatic N) is 2. The van der Waals surface area contributed by atoms with Gasteiger partial charge in [-0.25, -0.2) is 10.4 Å². The number of carbonyl (C=O) groups excluding carboxylic acids is 1. The molecule has 0 aliphatic carbocycles. The minimum Gasteiger partial charge on any atom is -0.333 e. The number of fused-ring (bicyclic) bond motifs is 1. The second-order valence-electron chi connectivity index (χ2n) is 5.21. The van der Waals surface area contributed by atoms with Gasteiger partial charge in [0.1, 0.15) is 0 Å². The molecular formula is C17H14Cl2N4OS. The smallest absolute Gasteiger partial charge is 0.250 e. The van der Waals surface area contributed by atoms with Gasteiger partial charge < -0.3 is 4.98 Å². The summed E-state index contributed by atoms with van der Waals surface area (Å²) in [6.07, 6.45) is 0. The summed E-state index contributed by atoms with van der Waals surface area (Å²) in [5, 5.41) is 5.71. The first kappa shape index (κ1) is 17.8. The number of benzene rings is 2. The van der Waals surface area contributed by atoms with Crippen LogP contribution in [-0.2, 0) is 4.79 Å². The number of hydrazone groups is 1. The number of aromatic nitrogens is 2. The molecule has 25 heavy (non-hydrogen) atoms. The third-order valence-corrected chi connectivity index (χ3v) is 5.01. The fourth-order valence-electron chi connectivity index (χ4n) is 2.10. The summed E-state index contributed by atoms with van der Waals surface area (Å²) in [6.45, 7) is 1.78. The summed E-state index contributed by atoms with van der Waals surface area (Å²) < 4.78 is 0. The number of halogens is 2. The number of amides is 1. The molecule has 2 aromatic carbocycles. The largest absolute Gasteiger partial charge is 0.333 e. The summed E-state index contributed by atoms with van der Waals surface area (Å²) in [4.78, 5) is 19.5. The van der Waals surface area contributed by atoms with Crippen molar-refractivity contribution in [1.29, 1.82) is 0 Å². The summed E-state index contributed by atoms with van der Waals surface area (Å²) in [6, 6.07) is 12.9. The number of aromatic amines is 1. The van der Waals surface area contributed by atoms with Gasteiger partial charge in [0.15, 0.2) is 5.16 Å². The summed E-state index contributed by atoms with van der Waals surface area (Å²) in [7, 11) is 0. The van der Waals surface area contributed by atoms with Crippen LogP contribution in [0, 0.1) is 0 Å². The second kappa shape index (κ2) is 7.91. The fraction of sp³-hybridized carbons (Fsp3) is 0.118. The number of hydrogen-bond donors (Lipinski definition) is 2. The number of nitrogens with one attached hydrogen (secondary N) is 2. The van der Waals surface area contributed by atoms with E-state index in [9.17, 15) is 4.79 Å². The number of para-hydroxylation sites is 2. The van der Waals surface area contributed by atoms with Crippen molar-refractivity contribution in [1.82, 2.24) is 15.4 Å². The highest BCUT2D eigenvalue weighted by molar-refractivity contribution is 7.99. The Balaban J connectivity index is 1.57. The molecule has 0 spiro atoms. The molecule has 5 nitrogen and oxygen atoms in total. The second-order valence-corrected chi connectivity index (χ2v) is 6.99. The Kier molecular flexibility index (Phi) is 5.63. The molecule has 3 aromatic rings. The minimum absolute atomic E-state index is 0.206. The fourth-order valence-corrected chi connectivity index (χ4v) is 3.07. The Morgan fingerprint density at radius 2 is 2.04 bits per heavy atom. The molecule has 2 N–H and O–H groups in total.